The first-order valence-corrected chi connectivity index (χ1v) is 14.9. The smallest absolute Gasteiger partial charge is 0.311 e. The normalized spacial score (nSPS) is 41.5. The monoisotopic (exact) mass is 610 g/mol. The topological polar surface area (TPSA) is 225 Å². The molecule has 0 aromatic heterocycles. The summed E-state index contributed by atoms with van der Waals surface area (Å²) in [5, 5.41) is 81.5. The first-order valence-electron chi connectivity index (χ1n) is 14.9. The number of hydrogen-bond donors (Lipinski definition) is 8. The minimum atomic E-state index is -1.82. The summed E-state index contributed by atoms with van der Waals surface area (Å²) < 4.78 is 27.2. The minimum Gasteiger partial charge on any atom is -0.463 e. The Morgan fingerprint density at radius 3 is 1.90 bits per heavy atom. The zero-order chi connectivity index (χ0) is 31.3. The van der Waals surface area contributed by atoms with E-state index in [9.17, 15) is 45.6 Å². The van der Waals surface area contributed by atoms with E-state index in [1.54, 1.807) is 14.0 Å². The Bertz CT molecular complexity index is 830. The Kier molecular flexibility index (Phi) is 13.4. The molecule has 2 aliphatic heterocycles. The summed E-state index contributed by atoms with van der Waals surface area (Å²) in [6.45, 7) is 4.77. The number of aliphatic hydroxyl groups is 8. The minimum absolute atomic E-state index is 0.151. The number of aliphatic hydroxyl groups excluding tert-OH is 8. The highest BCUT2D eigenvalue weighted by Crippen LogP contribution is 2.47. The molecule has 14 heteroatoms. The molecule has 3 rings (SSSR count). The molecule has 2 saturated heterocycles. The van der Waals surface area contributed by atoms with Gasteiger partial charge in [-0.15, -0.1) is 0 Å². The van der Waals surface area contributed by atoms with Gasteiger partial charge in [-0.3, -0.25) is 4.79 Å². The molecule has 246 valence electrons. The van der Waals surface area contributed by atoms with Gasteiger partial charge >= 0.3 is 5.97 Å². The Hall–Kier alpha value is -1.01. The van der Waals surface area contributed by atoms with Gasteiger partial charge in [-0.25, -0.2) is 0 Å². The van der Waals surface area contributed by atoms with Crippen LogP contribution in [0.5, 0.6) is 0 Å². The van der Waals surface area contributed by atoms with Crippen LogP contribution in [0.3, 0.4) is 0 Å². The van der Waals surface area contributed by atoms with E-state index in [0.717, 1.165) is 19.3 Å². The van der Waals surface area contributed by atoms with E-state index in [2.05, 4.69) is 13.8 Å². The highest BCUT2D eigenvalue weighted by molar-refractivity contribution is 5.73. The Morgan fingerprint density at radius 2 is 1.38 bits per heavy atom. The van der Waals surface area contributed by atoms with Crippen LogP contribution in [-0.2, 0) is 28.5 Å². The number of esters is 1. The molecule has 16 atom stereocenters. The Balaban J connectivity index is 1.53. The summed E-state index contributed by atoms with van der Waals surface area (Å²) >= 11 is 0. The van der Waals surface area contributed by atoms with E-state index in [0.29, 0.717) is 24.7 Å². The van der Waals surface area contributed by atoms with Crippen LogP contribution in [-0.4, -0.2) is 141 Å². The predicted molar refractivity (Wildman–Crippen MR) is 143 cm³/mol. The maximum atomic E-state index is 12.9. The number of ether oxygens (including phenoxy) is 5. The van der Waals surface area contributed by atoms with Gasteiger partial charge in [-0.1, -0.05) is 27.2 Å². The van der Waals surface area contributed by atoms with Gasteiger partial charge in [0.2, 0.25) is 0 Å². The van der Waals surface area contributed by atoms with Gasteiger partial charge in [0.25, 0.3) is 0 Å². The van der Waals surface area contributed by atoms with Crippen LogP contribution in [0.15, 0.2) is 0 Å². The van der Waals surface area contributed by atoms with Crippen LogP contribution < -0.4 is 0 Å². The maximum absolute atomic E-state index is 12.9. The van der Waals surface area contributed by atoms with Crippen molar-refractivity contribution in [3.8, 4) is 0 Å². The molecule has 1 aliphatic carbocycles. The number of carbonyl (C=O) groups excluding carboxylic acids is 1. The molecule has 2 heterocycles. The summed E-state index contributed by atoms with van der Waals surface area (Å²) in [4.78, 5) is 12.9. The fourth-order valence-corrected chi connectivity index (χ4v) is 5.83. The lowest BCUT2D eigenvalue weighted by Crippen LogP contribution is -2.63. The van der Waals surface area contributed by atoms with E-state index in [1.165, 1.54) is 0 Å². The zero-order valence-corrected chi connectivity index (χ0v) is 24.7. The van der Waals surface area contributed by atoms with Crippen LogP contribution in [0.25, 0.3) is 0 Å². The standard InChI is InChI=1S/C28H50O14/c1-5-12(3)17(38-4)9-14-7-13(14)8-16(30)15(6-2)26(37)39-11-19-21(32)23(34)25(36)28(41-19)42-27-24(35)22(33)20(31)18(10-29)40-27/h12-25,27-36H,5-11H2,1-4H3. The van der Waals surface area contributed by atoms with Crippen molar-refractivity contribution in [1.29, 1.82) is 0 Å². The molecule has 14 nitrogen and oxygen atoms in total. The second kappa shape index (κ2) is 15.8. The molecule has 0 bridgehead atoms. The van der Waals surface area contributed by atoms with Crippen molar-refractivity contribution < 1.29 is 69.3 Å². The van der Waals surface area contributed by atoms with Gasteiger partial charge in [0.15, 0.2) is 12.6 Å². The van der Waals surface area contributed by atoms with Crippen LogP contribution in [0.1, 0.15) is 52.9 Å². The first-order chi connectivity index (χ1) is 19.9. The molecule has 0 spiro atoms. The quantitative estimate of drug-likeness (QED) is 0.0941. The van der Waals surface area contributed by atoms with Crippen molar-refractivity contribution >= 4 is 5.97 Å². The van der Waals surface area contributed by atoms with Crippen LogP contribution in [0, 0.1) is 23.7 Å². The molecule has 0 amide bonds. The fraction of sp³-hybridized carbons (Fsp3) is 0.964. The summed E-state index contributed by atoms with van der Waals surface area (Å²) in [5.74, 6) is -0.398. The Labute approximate surface area is 246 Å². The first kappa shape index (κ1) is 35.5. The van der Waals surface area contributed by atoms with Gasteiger partial charge in [-0.2, -0.15) is 0 Å². The molecular formula is C28H50O14. The average molecular weight is 611 g/mol. The number of rotatable bonds is 15. The van der Waals surface area contributed by atoms with Crippen LogP contribution in [0.2, 0.25) is 0 Å². The molecule has 1 saturated carbocycles. The average Bonchev–Trinajstić information content (AvgIpc) is 3.71. The second-order valence-corrected chi connectivity index (χ2v) is 11.9. The van der Waals surface area contributed by atoms with Gasteiger partial charge < -0.3 is 64.5 Å². The highest BCUT2D eigenvalue weighted by atomic mass is 16.8. The van der Waals surface area contributed by atoms with E-state index in [-0.39, 0.29) is 12.0 Å². The van der Waals surface area contributed by atoms with Crippen molar-refractivity contribution in [2.24, 2.45) is 23.7 Å². The maximum Gasteiger partial charge on any atom is 0.311 e. The molecule has 42 heavy (non-hydrogen) atoms. The van der Waals surface area contributed by atoms with Crippen molar-refractivity contribution in [2.45, 2.75) is 126 Å². The van der Waals surface area contributed by atoms with Crippen molar-refractivity contribution in [3.63, 3.8) is 0 Å². The van der Waals surface area contributed by atoms with Gasteiger partial charge in [0.05, 0.1) is 24.7 Å². The molecule has 16 unspecified atom stereocenters. The number of carbonyl (C=O) groups is 1. The largest absolute Gasteiger partial charge is 0.463 e. The summed E-state index contributed by atoms with van der Waals surface area (Å²) in [5.41, 5.74) is 0. The van der Waals surface area contributed by atoms with Crippen LogP contribution >= 0.6 is 0 Å². The van der Waals surface area contributed by atoms with Crippen molar-refractivity contribution in [1.82, 2.24) is 0 Å². The van der Waals surface area contributed by atoms with Crippen molar-refractivity contribution in [3.05, 3.63) is 0 Å². The Morgan fingerprint density at radius 1 is 0.833 bits per heavy atom. The van der Waals surface area contributed by atoms with Gasteiger partial charge in [0, 0.05) is 7.11 Å². The predicted octanol–water partition coefficient (Wildman–Crippen LogP) is -1.98. The third-order valence-electron chi connectivity index (χ3n) is 9.11. The molecule has 3 fully saturated rings. The summed E-state index contributed by atoms with van der Waals surface area (Å²) in [6, 6.07) is 0. The second-order valence-electron chi connectivity index (χ2n) is 11.9. The van der Waals surface area contributed by atoms with E-state index < -0.39 is 92.6 Å². The number of hydrogen-bond acceptors (Lipinski definition) is 14. The third-order valence-corrected chi connectivity index (χ3v) is 9.11. The molecule has 0 aromatic rings. The molecule has 3 aliphatic rings. The number of methoxy groups -OCH3 is 1. The zero-order valence-electron chi connectivity index (χ0n) is 24.7. The van der Waals surface area contributed by atoms with Gasteiger partial charge in [0.1, 0.15) is 55.4 Å². The summed E-state index contributed by atoms with van der Waals surface area (Å²) in [7, 11) is 1.71. The van der Waals surface area contributed by atoms with Crippen molar-refractivity contribution in [2.75, 3.05) is 20.3 Å². The van der Waals surface area contributed by atoms with Gasteiger partial charge in [-0.05, 0) is 43.4 Å². The van der Waals surface area contributed by atoms with E-state index in [4.69, 9.17) is 23.7 Å². The van der Waals surface area contributed by atoms with Crippen LogP contribution in [0.4, 0.5) is 0 Å². The SMILES string of the molecule is CCC(C)C(CC1CC1CC(O)C(CC)C(=O)OCC1OC(OC2OC(CO)C(O)C(O)C2O)C(O)C(O)C1O)OC. The lowest BCUT2D eigenvalue weighted by molar-refractivity contribution is -0.376. The molecule has 0 aromatic carbocycles. The lowest BCUT2D eigenvalue weighted by Gasteiger charge is -2.44. The van der Waals surface area contributed by atoms with E-state index in [1.807, 2.05) is 0 Å². The third kappa shape index (κ3) is 8.37. The lowest BCUT2D eigenvalue weighted by atomic mass is 9.92. The highest BCUT2D eigenvalue weighted by Gasteiger charge is 2.50. The molecule has 8 N–H and O–H groups in total. The van der Waals surface area contributed by atoms with E-state index >= 15 is 0 Å². The molecular weight excluding hydrogens is 560 g/mol. The fourth-order valence-electron chi connectivity index (χ4n) is 5.83. The summed E-state index contributed by atoms with van der Waals surface area (Å²) in [6.07, 6.45) is -13.7. The molecule has 0 radical (unpaired) electrons.